The van der Waals surface area contributed by atoms with Crippen molar-refractivity contribution in [2.45, 2.75) is 174 Å². The Morgan fingerprint density at radius 2 is 0.814 bits per heavy atom. The Balaban J connectivity index is -0.000000806. The number of carbonyl (C=O) groups excluding carboxylic acids is 4. The highest BCUT2D eigenvalue weighted by atomic mass is 16.6. The van der Waals surface area contributed by atoms with Crippen LogP contribution in [0.4, 0.5) is 9.59 Å². The highest BCUT2D eigenvalue weighted by Gasteiger charge is 2.36. The first kappa shape index (κ1) is 58.7. The number of benzene rings is 2. The molecule has 0 bridgehead atoms. The summed E-state index contributed by atoms with van der Waals surface area (Å²) in [6.45, 7) is 31.2. The fourth-order valence-electron chi connectivity index (χ4n) is 4.82. The highest BCUT2D eigenvalue weighted by molar-refractivity contribution is 5.87. The molecule has 2 rings (SSSR count). The van der Waals surface area contributed by atoms with E-state index in [-0.39, 0.29) is 44.2 Å². The van der Waals surface area contributed by atoms with Crippen molar-refractivity contribution in [1.82, 2.24) is 21.3 Å². The van der Waals surface area contributed by atoms with Crippen molar-refractivity contribution in [1.29, 1.82) is 0 Å². The Labute approximate surface area is 356 Å². The molecule has 5 atom stereocenters. The number of amides is 4. The molecule has 0 aliphatic heterocycles. The summed E-state index contributed by atoms with van der Waals surface area (Å²) < 4.78 is 10.3. The van der Waals surface area contributed by atoms with Crippen molar-refractivity contribution in [2.24, 2.45) is 22.0 Å². The first-order chi connectivity index (χ1) is 25.7. The maximum atomic E-state index is 12.7. The van der Waals surface area contributed by atoms with E-state index < -0.39 is 58.3 Å². The zero-order chi connectivity index (χ0) is 44.7. The summed E-state index contributed by atoms with van der Waals surface area (Å²) in [5, 5.41) is 19.9. The highest BCUT2D eigenvalue weighted by Crippen LogP contribution is 2.23. The van der Waals surface area contributed by atoms with Crippen LogP contribution in [0.25, 0.3) is 0 Å². The van der Waals surface area contributed by atoms with Crippen LogP contribution in [0.5, 0.6) is 0 Å². The van der Waals surface area contributed by atoms with Gasteiger partial charge in [0.15, 0.2) is 0 Å². The summed E-state index contributed by atoms with van der Waals surface area (Å²) in [6, 6.07) is 17.2. The van der Waals surface area contributed by atoms with Crippen LogP contribution in [-0.4, -0.2) is 64.4 Å². The van der Waals surface area contributed by atoms with Crippen molar-refractivity contribution in [3.05, 3.63) is 71.8 Å². The van der Waals surface area contributed by atoms with Gasteiger partial charge in [0.05, 0.1) is 18.1 Å². The third-order valence-electron chi connectivity index (χ3n) is 8.10. The van der Waals surface area contributed by atoms with Gasteiger partial charge in [0.25, 0.3) is 0 Å². The number of hydrogen-bond acceptors (Lipinski definition) is 8. The maximum absolute atomic E-state index is 12.7. The van der Waals surface area contributed by atoms with Crippen LogP contribution in [0.1, 0.15) is 156 Å². The van der Waals surface area contributed by atoms with Crippen molar-refractivity contribution < 1.29 is 38.6 Å². The third-order valence-corrected chi connectivity index (χ3v) is 8.10. The number of ether oxygens (including phenoxy) is 2. The van der Waals surface area contributed by atoms with E-state index >= 15 is 0 Å². The van der Waals surface area contributed by atoms with Crippen LogP contribution in [-0.2, 0) is 23.9 Å². The number of carboxylic acid groups (broad SMARTS) is 1. The number of hydrogen-bond donors (Lipinski definition) is 6. The molecule has 338 valence electrons. The van der Waals surface area contributed by atoms with Gasteiger partial charge in [-0.25, -0.2) is 14.4 Å². The molecule has 0 spiro atoms. The summed E-state index contributed by atoms with van der Waals surface area (Å²) in [5.74, 6) is -1.41. The Kier molecular flexibility index (Phi) is 24.3. The zero-order valence-electron chi connectivity index (χ0n) is 37.5. The molecule has 4 amide bonds. The minimum absolute atomic E-state index is 0. The minimum Gasteiger partial charge on any atom is -0.480 e. The van der Waals surface area contributed by atoms with Gasteiger partial charge in [0, 0.05) is 0 Å². The van der Waals surface area contributed by atoms with E-state index in [1.54, 1.807) is 62.3 Å². The van der Waals surface area contributed by atoms with E-state index in [4.69, 9.17) is 20.3 Å². The van der Waals surface area contributed by atoms with E-state index in [1.165, 1.54) is 0 Å². The predicted octanol–water partition coefficient (Wildman–Crippen LogP) is 9.32. The van der Waals surface area contributed by atoms with Gasteiger partial charge in [-0.15, -0.1) is 0 Å². The molecule has 13 heteroatoms. The monoisotopic (exact) mass is 832 g/mol. The lowest BCUT2D eigenvalue weighted by Gasteiger charge is -2.32. The number of carboxylic acids is 1. The van der Waals surface area contributed by atoms with Crippen molar-refractivity contribution in [2.75, 3.05) is 0 Å². The number of aliphatic carboxylic acids is 1. The Morgan fingerprint density at radius 3 is 1.08 bits per heavy atom. The SMILES string of the molecule is C.C.CC(C)(C)OC(=O)N[C@H](C(=O)O)C(C)(C)C.C[C@@H](NC(=O)[C@@H](N)C(C)(C)C)c1ccccc1.C[C@@H](NC(=O)[C@@H](NC(=O)OC(C)(C)C)C(C)(C)C)c1ccccc1. The van der Waals surface area contributed by atoms with Gasteiger partial charge in [0.2, 0.25) is 11.8 Å². The zero-order valence-corrected chi connectivity index (χ0v) is 37.5. The van der Waals surface area contributed by atoms with E-state index in [2.05, 4.69) is 21.3 Å². The number of nitrogens with one attached hydrogen (secondary N) is 4. The molecule has 0 fully saturated rings. The van der Waals surface area contributed by atoms with Crippen LogP contribution in [0.2, 0.25) is 0 Å². The minimum atomic E-state index is -1.07. The molecule has 7 N–H and O–H groups in total. The van der Waals surface area contributed by atoms with Crippen LogP contribution < -0.4 is 27.0 Å². The molecule has 0 saturated heterocycles. The average Bonchev–Trinajstić information content (AvgIpc) is 3.04. The van der Waals surface area contributed by atoms with Gasteiger partial charge in [0.1, 0.15) is 23.3 Å². The number of carbonyl (C=O) groups is 5. The Morgan fingerprint density at radius 1 is 0.508 bits per heavy atom. The summed E-state index contributed by atoms with van der Waals surface area (Å²) in [7, 11) is 0. The second-order valence-corrected chi connectivity index (χ2v) is 19.4. The molecule has 0 aromatic heterocycles. The lowest BCUT2D eigenvalue weighted by Crippen LogP contribution is -2.54. The van der Waals surface area contributed by atoms with Gasteiger partial charge < -0.3 is 41.6 Å². The summed E-state index contributed by atoms with van der Waals surface area (Å²) in [4.78, 5) is 59.1. The molecular weight excluding hydrogens is 751 g/mol. The molecule has 0 unspecified atom stereocenters. The van der Waals surface area contributed by atoms with E-state index in [0.29, 0.717) is 0 Å². The standard InChI is InChI=1S/C19H30N2O3.C14H22N2O.C11H21NO4.2CH4/c1-13(14-11-9-8-10-12-14)20-16(22)15(18(2,3)4)21-17(23)24-19(5,6)7;1-10(11-8-6-5-7-9-11)16-13(17)12(15)14(2,3)4;1-10(2,3)7(8(13)14)12-9(15)16-11(4,5)6;;/h8-13,15H,1-7H3,(H,20,22)(H,21,23);5-10,12H,15H2,1-4H3,(H,16,17);7H,1-6H3,(H,12,15)(H,13,14);2*1H4/t13-,15-;10-,12-;7-;;/m111../s1. The van der Waals surface area contributed by atoms with E-state index in [1.807, 2.05) is 116 Å². The number of nitrogens with two attached hydrogens (primary N) is 1. The summed E-state index contributed by atoms with van der Waals surface area (Å²) >= 11 is 0. The van der Waals surface area contributed by atoms with Crippen molar-refractivity contribution in [3.63, 3.8) is 0 Å². The first-order valence-corrected chi connectivity index (χ1v) is 19.3. The van der Waals surface area contributed by atoms with Crippen molar-refractivity contribution in [3.8, 4) is 0 Å². The predicted molar refractivity (Wildman–Crippen MR) is 240 cm³/mol. The molecule has 0 saturated carbocycles. The van der Waals surface area contributed by atoms with Crippen LogP contribution in [0.15, 0.2) is 60.7 Å². The van der Waals surface area contributed by atoms with E-state index in [9.17, 15) is 24.0 Å². The third kappa shape index (κ3) is 24.8. The van der Waals surface area contributed by atoms with Gasteiger partial charge in [-0.2, -0.15) is 0 Å². The van der Waals surface area contributed by atoms with Gasteiger partial charge in [-0.1, -0.05) is 138 Å². The molecule has 13 nitrogen and oxygen atoms in total. The molecule has 59 heavy (non-hydrogen) atoms. The fourth-order valence-corrected chi connectivity index (χ4v) is 4.82. The van der Waals surface area contributed by atoms with Gasteiger partial charge in [-0.05, 0) is 82.8 Å². The normalized spacial score (nSPS) is 14.1. The fraction of sp³-hybridized carbons (Fsp3) is 0.630. The van der Waals surface area contributed by atoms with Crippen molar-refractivity contribution >= 4 is 30.0 Å². The molecule has 2 aromatic rings. The molecular formula is C46H81N5O8. The molecule has 0 aliphatic rings. The molecule has 2 aromatic carbocycles. The Hall–Kier alpha value is -4.65. The summed E-state index contributed by atoms with van der Waals surface area (Å²) in [6.07, 6.45) is -1.31. The summed E-state index contributed by atoms with van der Waals surface area (Å²) in [5.41, 5.74) is 5.52. The van der Waals surface area contributed by atoms with Gasteiger partial charge >= 0.3 is 18.2 Å². The second kappa shape index (κ2) is 24.4. The number of alkyl carbamates (subject to hydrolysis) is 2. The maximum Gasteiger partial charge on any atom is 0.408 e. The molecule has 0 heterocycles. The van der Waals surface area contributed by atoms with Gasteiger partial charge in [-0.3, -0.25) is 9.59 Å². The quantitative estimate of drug-likeness (QED) is 0.143. The average molecular weight is 832 g/mol. The largest absolute Gasteiger partial charge is 0.480 e. The Bertz CT molecular complexity index is 1570. The number of rotatable bonds is 9. The smallest absolute Gasteiger partial charge is 0.408 e. The molecule has 0 radical (unpaired) electrons. The second-order valence-electron chi connectivity index (χ2n) is 19.4. The first-order valence-electron chi connectivity index (χ1n) is 19.3. The van der Waals surface area contributed by atoms with Crippen LogP contribution >= 0.6 is 0 Å². The topological polar surface area (TPSA) is 198 Å². The van der Waals surface area contributed by atoms with E-state index in [0.717, 1.165) is 11.1 Å². The molecule has 0 aliphatic carbocycles. The van der Waals surface area contributed by atoms with Crippen LogP contribution in [0, 0.1) is 16.2 Å². The van der Waals surface area contributed by atoms with Crippen LogP contribution in [0.3, 0.4) is 0 Å². The lowest BCUT2D eigenvalue weighted by molar-refractivity contribution is -0.142. The lowest BCUT2D eigenvalue weighted by atomic mass is 9.86.